The minimum absolute atomic E-state index is 0.136. The van der Waals surface area contributed by atoms with Crippen molar-refractivity contribution >= 4 is 55.1 Å². The molecule has 0 aliphatic heterocycles. The van der Waals surface area contributed by atoms with Crippen molar-refractivity contribution in [3.8, 4) is 0 Å². The largest absolute Gasteiger partial charge is 0.452 e. The topological polar surface area (TPSA) is 98.5 Å². The molecule has 9 heteroatoms. The molecule has 136 valence electrons. The van der Waals surface area contributed by atoms with Crippen LogP contribution in [-0.2, 0) is 9.53 Å². The molecule has 2 rings (SSSR count). The molecule has 2 aromatic rings. The molecule has 0 unspecified atom stereocenters. The van der Waals surface area contributed by atoms with Crippen LogP contribution in [0.15, 0.2) is 39.3 Å². The van der Waals surface area contributed by atoms with Crippen molar-refractivity contribution in [2.75, 3.05) is 11.9 Å². The van der Waals surface area contributed by atoms with Crippen molar-refractivity contribution in [1.29, 1.82) is 0 Å². The van der Waals surface area contributed by atoms with Crippen molar-refractivity contribution in [3.63, 3.8) is 0 Å². The van der Waals surface area contributed by atoms with E-state index in [4.69, 9.17) is 4.74 Å². The molecule has 0 aromatic heterocycles. The average molecular weight is 486 g/mol. The first-order chi connectivity index (χ1) is 12.2. The van der Waals surface area contributed by atoms with Crippen molar-refractivity contribution in [3.05, 3.63) is 66.1 Å². The number of non-ortho nitro benzene ring substituents is 1. The molecule has 0 atom stereocenters. The third-order valence-electron chi connectivity index (χ3n) is 3.29. The lowest BCUT2D eigenvalue weighted by atomic mass is 10.1. The molecular formula is C17H14Br2N2O5. The Kier molecular flexibility index (Phi) is 6.49. The summed E-state index contributed by atoms with van der Waals surface area (Å²) in [6, 6.07) is 7.81. The lowest BCUT2D eigenvalue weighted by Crippen LogP contribution is -2.21. The van der Waals surface area contributed by atoms with Gasteiger partial charge in [0.2, 0.25) is 0 Å². The Hall–Kier alpha value is -2.26. The maximum Gasteiger partial charge on any atom is 0.338 e. The van der Waals surface area contributed by atoms with Crippen molar-refractivity contribution in [1.82, 2.24) is 0 Å². The molecule has 0 aliphatic rings. The average Bonchev–Trinajstić information content (AvgIpc) is 2.54. The molecule has 1 N–H and O–H groups in total. The van der Waals surface area contributed by atoms with Gasteiger partial charge in [0.15, 0.2) is 6.61 Å². The summed E-state index contributed by atoms with van der Waals surface area (Å²) in [7, 11) is 0. The number of carbonyl (C=O) groups excluding carboxylic acids is 2. The molecular weight excluding hydrogens is 472 g/mol. The smallest absolute Gasteiger partial charge is 0.338 e. The highest BCUT2D eigenvalue weighted by Crippen LogP contribution is 2.35. The predicted molar refractivity (Wildman–Crippen MR) is 103 cm³/mol. The number of anilines is 1. The molecule has 0 aliphatic carbocycles. The first-order valence-corrected chi connectivity index (χ1v) is 8.94. The van der Waals surface area contributed by atoms with E-state index in [9.17, 15) is 19.7 Å². The Morgan fingerprint density at radius 3 is 2.12 bits per heavy atom. The highest BCUT2D eigenvalue weighted by Gasteiger charge is 2.17. The number of carbonyl (C=O) groups is 2. The number of amides is 1. The van der Waals surface area contributed by atoms with Gasteiger partial charge >= 0.3 is 5.97 Å². The zero-order valence-corrected chi connectivity index (χ0v) is 17.0. The Bertz CT molecular complexity index is 855. The van der Waals surface area contributed by atoms with Gasteiger partial charge in [0.25, 0.3) is 11.6 Å². The van der Waals surface area contributed by atoms with E-state index in [0.717, 1.165) is 11.1 Å². The molecule has 7 nitrogen and oxygen atoms in total. The fraction of sp³-hybridized carbons (Fsp3) is 0.176. The number of halogens is 2. The zero-order chi connectivity index (χ0) is 19.4. The summed E-state index contributed by atoms with van der Waals surface area (Å²) >= 11 is 6.34. The molecule has 0 saturated heterocycles. The maximum atomic E-state index is 12.1. The Balaban J connectivity index is 2.03. The van der Waals surface area contributed by atoms with Gasteiger partial charge in [0.05, 0.1) is 16.2 Å². The van der Waals surface area contributed by atoms with Crippen LogP contribution in [0.2, 0.25) is 0 Å². The van der Waals surface area contributed by atoms with Crippen LogP contribution in [0.3, 0.4) is 0 Å². The predicted octanol–water partition coefficient (Wildman–Crippen LogP) is 4.53. The maximum absolute atomic E-state index is 12.1. The van der Waals surface area contributed by atoms with Crippen LogP contribution in [-0.4, -0.2) is 23.4 Å². The number of benzene rings is 2. The highest BCUT2D eigenvalue weighted by atomic mass is 79.9. The monoisotopic (exact) mass is 484 g/mol. The summed E-state index contributed by atoms with van der Waals surface area (Å²) in [6.07, 6.45) is 0. The van der Waals surface area contributed by atoms with Gasteiger partial charge in [0, 0.05) is 21.1 Å². The zero-order valence-electron chi connectivity index (χ0n) is 13.8. The number of nitrogens with one attached hydrogen (secondary N) is 1. The second-order valence-electron chi connectivity index (χ2n) is 5.54. The molecule has 0 fully saturated rings. The van der Waals surface area contributed by atoms with E-state index in [-0.39, 0.29) is 5.69 Å². The second kappa shape index (κ2) is 8.41. The number of aryl methyl sites for hydroxylation is 2. The standard InChI is InChI=1S/C17H14Br2N2O5/c1-9-3-10(2)5-11(4-9)17(23)26-8-15(22)20-16-13(18)6-12(21(24)25)7-14(16)19/h3-7H,8H2,1-2H3,(H,20,22). The van der Waals surface area contributed by atoms with Crippen LogP contribution in [0.25, 0.3) is 0 Å². The Morgan fingerprint density at radius 1 is 1.08 bits per heavy atom. The summed E-state index contributed by atoms with van der Waals surface area (Å²) in [5, 5.41) is 13.4. The van der Waals surface area contributed by atoms with Crippen molar-refractivity contribution in [2.45, 2.75) is 13.8 Å². The van der Waals surface area contributed by atoms with Gasteiger partial charge in [-0.15, -0.1) is 0 Å². The van der Waals surface area contributed by atoms with E-state index in [2.05, 4.69) is 37.2 Å². The van der Waals surface area contributed by atoms with Gasteiger partial charge in [-0.25, -0.2) is 4.79 Å². The number of nitrogens with zero attached hydrogens (tertiary/aromatic N) is 1. The number of hydrogen-bond donors (Lipinski definition) is 1. The third kappa shape index (κ3) is 5.12. The van der Waals surface area contributed by atoms with E-state index >= 15 is 0 Å². The molecule has 0 heterocycles. The minimum atomic E-state index is -0.603. The third-order valence-corrected chi connectivity index (χ3v) is 4.54. The quantitative estimate of drug-likeness (QED) is 0.381. The molecule has 0 saturated carbocycles. The summed E-state index contributed by atoms with van der Waals surface area (Å²) in [4.78, 5) is 34.4. The van der Waals surface area contributed by atoms with Crippen LogP contribution in [0.4, 0.5) is 11.4 Å². The van der Waals surface area contributed by atoms with E-state index in [1.165, 1.54) is 12.1 Å². The molecule has 0 spiro atoms. The molecule has 0 bridgehead atoms. The van der Waals surface area contributed by atoms with Crippen LogP contribution < -0.4 is 5.32 Å². The number of nitro benzene ring substituents is 1. The summed E-state index contributed by atoms with van der Waals surface area (Å²) in [5.41, 5.74) is 2.37. The van der Waals surface area contributed by atoms with Gasteiger partial charge in [-0.05, 0) is 57.8 Å². The Labute approximate surface area is 166 Å². The lowest BCUT2D eigenvalue weighted by molar-refractivity contribution is -0.385. The van der Waals surface area contributed by atoms with E-state index in [0.29, 0.717) is 20.2 Å². The van der Waals surface area contributed by atoms with E-state index < -0.39 is 23.4 Å². The fourth-order valence-corrected chi connectivity index (χ4v) is 3.63. The van der Waals surface area contributed by atoms with Gasteiger partial charge in [-0.2, -0.15) is 0 Å². The molecule has 26 heavy (non-hydrogen) atoms. The number of nitro groups is 1. The van der Waals surface area contributed by atoms with Crippen molar-refractivity contribution in [2.24, 2.45) is 0 Å². The molecule has 1 amide bonds. The van der Waals surface area contributed by atoms with Gasteiger partial charge < -0.3 is 10.1 Å². The number of hydrogen-bond acceptors (Lipinski definition) is 5. The van der Waals surface area contributed by atoms with Gasteiger partial charge in [-0.3, -0.25) is 14.9 Å². The van der Waals surface area contributed by atoms with Crippen LogP contribution >= 0.6 is 31.9 Å². The minimum Gasteiger partial charge on any atom is -0.452 e. The number of rotatable bonds is 5. The highest BCUT2D eigenvalue weighted by molar-refractivity contribution is 9.11. The van der Waals surface area contributed by atoms with E-state index in [1.807, 2.05) is 19.9 Å². The van der Waals surface area contributed by atoms with Crippen LogP contribution in [0.5, 0.6) is 0 Å². The summed E-state index contributed by atoms with van der Waals surface area (Å²) in [6.45, 7) is 3.24. The number of ether oxygens (including phenoxy) is 1. The lowest BCUT2D eigenvalue weighted by Gasteiger charge is -2.10. The summed E-state index contributed by atoms with van der Waals surface area (Å²) < 4.78 is 5.68. The van der Waals surface area contributed by atoms with Gasteiger partial charge in [0.1, 0.15) is 0 Å². The van der Waals surface area contributed by atoms with E-state index in [1.54, 1.807) is 12.1 Å². The van der Waals surface area contributed by atoms with Crippen molar-refractivity contribution < 1.29 is 19.2 Å². The van der Waals surface area contributed by atoms with Crippen LogP contribution in [0, 0.1) is 24.0 Å². The molecule has 2 aromatic carbocycles. The first-order valence-electron chi connectivity index (χ1n) is 7.36. The normalized spacial score (nSPS) is 10.3. The first kappa shape index (κ1) is 20.1. The van der Waals surface area contributed by atoms with Crippen LogP contribution in [0.1, 0.15) is 21.5 Å². The molecule has 0 radical (unpaired) electrons. The fourth-order valence-electron chi connectivity index (χ4n) is 2.27. The summed E-state index contributed by atoms with van der Waals surface area (Å²) in [5.74, 6) is -1.17. The van der Waals surface area contributed by atoms with Gasteiger partial charge in [-0.1, -0.05) is 17.2 Å². The number of esters is 1. The second-order valence-corrected chi connectivity index (χ2v) is 7.25. The Morgan fingerprint density at radius 2 is 1.62 bits per heavy atom. The SMILES string of the molecule is Cc1cc(C)cc(C(=O)OCC(=O)Nc2c(Br)cc([N+](=O)[O-])cc2Br)c1.